The number of thiazole rings is 1. The molecule has 8 heteroatoms. The van der Waals surface area contributed by atoms with Crippen LogP contribution in [-0.4, -0.2) is 30.2 Å². The largest absolute Gasteiger partial charge is 0.244 e. The van der Waals surface area contributed by atoms with E-state index in [-0.39, 0.29) is 0 Å². The summed E-state index contributed by atoms with van der Waals surface area (Å²) in [5.41, 5.74) is 0.941. The molecule has 0 unspecified atom stereocenters. The predicted molar refractivity (Wildman–Crippen MR) is 65.8 cm³/mol. The molecule has 0 aliphatic rings. The molecule has 86 valence electrons. The number of tetrazole rings is 1. The maximum absolute atomic E-state index is 4.48. The van der Waals surface area contributed by atoms with Gasteiger partial charge in [-0.25, -0.2) is 14.6 Å². The number of hydrogen-bond acceptors (Lipinski definition) is 7. The van der Waals surface area contributed by atoms with E-state index in [4.69, 9.17) is 0 Å². The molecule has 0 atom stereocenters. The van der Waals surface area contributed by atoms with Crippen LogP contribution in [-0.2, 0) is 12.8 Å². The van der Waals surface area contributed by atoms with E-state index in [2.05, 4.69) is 25.5 Å². The molecule has 0 fully saturated rings. The lowest BCUT2D eigenvalue weighted by molar-refractivity contribution is 0.693. The Morgan fingerprint density at radius 3 is 3.18 bits per heavy atom. The topological polar surface area (TPSA) is 69.4 Å². The number of nitrogens with zero attached hydrogens (tertiary/aromatic N) is 6. The van der Waals surface area contributed by atoms with Gasteiger partial charge in [-0.2, -0.15) is 0 Å². The van der Waals surface area contributed by atoms with Crippen molar-refractivity contribution < 1.29 is 0 Å². The standard InChI is InChI=1S/C9H8N6S2/c1-15-7(12-13-14-15)5-16-9-11-6-3-2-4-10-8(6)17-9/h2-4H,5H2,1H3. The Bertz CT molecular complexity index is 613. The minimum Gasteiger partial charge on any atom is -0.244 e. The fourth-order valence-electron chi connectivity index (χ4n) is 1.31. The van der Waals surface area contributed by atoms with Gasteiger partial charge in [-0.1, -0.05) is 23.1 Å². The highest BCUT2D eigenvalue weighted by molar-refractivity contribution is 8.00. The van der Waals surface area contributed by atoms with Gasteiger partial charge in [0.2, 0.25) is 0 Å². The van der Waals surface area contributed by atoms with Crippen LogP contribution in [0.2, 0.25) is 0 Å². The summed E-state index contributed by atoms with van der Waals surface area (Å²) in [5.74, 6) is 1.55. The highest BCUT2D eigenvalue weighted by Gasteiger charge is 2.07. The highest BCUT2D eigenvalue weighted by Crippen LogP contribution is 2.29. The van der Waals surface area contributed by atoms with Crippen molar-refractivity contribution in [1.29, 1.82) is 0 Å². The van der Waals surface area contributed by atoms with Gasteiger partial charge in [-0.3, -0.25) is 0 Å². The molecular formula is C9H8N6S2. The lowest BCUT2D eigenvalue weighted by Gasteiger charge is -1.94. The van der Waals surface area contributed by atoms with E-state index in [0.29, 0.717) is 5.75 Å². The molecule has 0 saturated heterocycles. The summed E-state index contributed by atoms with van der Waals surface area (Å²) in [6.07, 6.45) is 1.78. The maximum atomic E-state index is 4.48. The Kier molecular flexibility index (Phi) is 2.73. The van der Waals surface area contributed by atoms with Gasteiger partial charge in [0.05, 0.1) is 5.75 Å². The average molecular weight is 264 g/mol. The van der Waals surface area contributed by atoms with Crippen molar-refractivity contribution in [2.75, 3.05) is 0 Å². The van der Waals surface area contributed by atoms with E-state index in [0.717, 1.165) is 20.5 Å². The van der Waals surface area contributed by atoms with Gasteiger partial charge in [-0.15, -0.1) is 5.10 Å². The van der Waals surface area contributed by atoms with Gasteiger partial charge in [0.25, 0.3) is 0 Å². The zero-order valence-electron chi connectivity index (χ0n) is 8.94. The first-order valence-electron chi connectivity index (χ1n) is 4.88. The SMILES string of the molecule is Cn1nnnc1CSc1nc2cccnc2s1. The third-order valence-electron chi connectivity index (χ3n) is 2.18. The molecule has 0 saturated carbocycles. The first-order chi connectivity index (χ1) is 8.33. The Labute approximate surface area is 105 Å². The summed E-state index contributed by atoms with van der Waals surface area (Å²) in [6, 6.07) is 3.86. The molecule has 3 rings (SSSR count). The Morgan fingerprint density at radius 2 is 2.41 bits per heavy atom. The zero-order chi connectivity index (χ0) is 11.7. The van der Waals surface area contributed by atoms with Gasteiger partial charge in [-0.05, 0) is 22.6 Å². The Balaban J connectivity index is 1.79. The van der Waals surface area contributed by atoms with Crippen LogP contribution in [0.5, 0.6) is 0 Å². The fourth-order valence-corrected chi connectivity index (χ4v) is 3.26. The quantitative estimate of drug-likeness (QED) is 0.668. The number of fused-ring (bicyclic) bond motifs is 1. The molecule has 0 aliphatic carbocycles. The first-order valence-corrected chi connectivity index (χ1v) is 6.69. The van der Waals surface area contributed by atoms with Crippen molar-refractivity contribution in [3.8, 4) is 0 Å². The van der Waals surface area contributed by atoms with Crippen molar-refractivity contribution >= 4 is 33.4 Å². The maximum Gasteiger partial charge on any atom is 0.161 e. The number of thioether (sulfide) groups is 1. The van der Waals surface area contributed by atoms with Crippen molar-refractivity contribution in [2.45, 2.75) is 10.1 Å². The molecule has 0 aliphatic heterocycles. The molecule has 3 aromatic rings. The molecule has 0 spiro atoms. The number of aryl methyl sites for hydroxylation is 1. The second kappa shape index (κ2) is 4.38. The Hall–Kier alpha value is -1.54. The normalized spacial score (nSPS) is 11.1. The number of aromatic nitrogens is 6. The lowest BCUT2D eigenvalue weighted by atomic mass is 10.5. The molecule has 0 radical (unpaired) electrons. The van der Waals surface area contributed by atoms with Crippen LogP contribution in [0.3, 0.4) is 0 Å². The lowest BCUT2D eigenvalue weighted by Crippen LogP contribution is -1.97. The van der Waals surface area contributed by atoms with Crippen molar-refractivity contribution in [3.05, 3.63) is 24.2 Å². The highest BCUT2D eigenvalue weighted by atomic mass is 32.2. The van der Waals surface area contributed by atoms with E-state index in [1.165, 1.54) is 0 Å². The molecule has 6 nitrogen and oxygen atoms in total. The van der Waals surface area contributed by atoms with Crippen LogP contribution in [0.15, 0.2) is 22.7 Å². The van der Waals surface area contributed by atoms with E-state index in [1.807, 2.05) is 19.2 Å². The summed E-state index contributed by atoms with van der Waals surface area (Å²) in [7, 11) is 1.83. The van der Waals surface area contributed by atoms with Crippen molar-refractivity contribution in [3.63, 3.8) is 0 Å². The number of hydrogen-bond donors (Lipinski definition) is 0. The van der Waals surface area contributed by atoms with Gasteiger partial charge < -0.3 is 0 Å². The molecule has 0 aromatic carbocycles. The summed E-state index contributed by atoms with van der Waals surface area (Å²) in [4.78, 5) is 9.71. The van der Waals surface area contributed by atoms with E-state index >= 15 is 0 Å². The third kappa shape index (κ3) is 2.13. The predicted octanol–water partition coefficient (Wildman–Crippen LogP) is 1.51. The summed E-state index contributed by atoms with van der Waals surface area (Å²) in [5, 5.41) is 11.3. The minimum atomic E-state index is 0.712. The second-order valence-electron chi connectivity index (χ2n) is 3.31. The van der Waals surface area contributed by atoms with Crippen LogP contribution < -0.4 is 0 Å². The molecule has 0 bridgehead atoms. The zero-order valence-corrected chi connectivity index (χ0v) is 10.6. The first kappa shape index (κ1) is 10.6. The average Bonchev–Trinajstić information content (AvgIpc) is 2.92. The number of pyridine rings is 1. The van der Waals surface area contributed by atoms with E-state index in [9.17, 15) is 0 Å². The molecule has 0 N–H and O–H groups in total. The van der Waals surface area contributed by atoms with Crippen LogP contribution in [0.1, 0.15) is 5.82 Å². The van der Waals surface area contributed by atoms with Gasteiger partial charge in [0.1, 0.15) is 10.3 Å². The van der Waals surface area contributed by atoms with Gasteiger partial charge in [0, 0.05) is 13.2 Å². The second-order valence-corrected chi connectivity index (χ2v) is 5.51. The summed E-state index contributed by atoms with van der Waals surface area (Å²) < 4.78 is 2.65. The fraction of sp³-hybridized carbons (Fsp3) is 0.222. The number of rotatable bonds is 3. The Morgan fingerprint density at radius 1 is 1.47 bits per heavy atom. The third-order valence-corrected chi connectivity index (χ3v) is 4.30. The van der Waals surface area contributed by atoms with Gasteiger partial charge in [0.15, 0.2) is 10.2 Å². The molecule has 17 heavy (non-hydrogen) atoms. The molecular weight excluding hydrogens is 256 g/mol. The van der Waals surface area contributed by atoms with E-state index < -0.39 is 0 Å². The van der Waals surface area contributed by atoms with Crippen LogP contribution >= 0.6 is 23.1 Å². The minimum absolute atomic E-state index is 0.712. The molecule has 3 aromatic heterocycles. The molecule has 0 amide bonds. The van der Waals surface area contributed by atoms with Crippen LogP contribution in [0, 0.1) is 0 Å². The monoisotopic (exact) mass is 264 g/mol. The molecule has 3 heterocycles. The van der Waals surface area contributed by atoms with Crippen LogP contribution in [0.4, 0.5) is 0 Å². The summed E-state index contributed by atoms with van der Waals surface area (Å²) in [6.45, 7) is 0. The van der Waals surface area contributed by atoms with Crippen molar-refractivity contribution in [2.24, 2.45) is 7.05 Å². The van der Waals surface area contributed by atoms with Crippen molar-refractivity contribution in [1.82, 2.24) is 30.2 Å². The summed E-state index contributed by atoms with van der Waals surface area (Å²) >= 11 is 3.21. The van der Waals surface area contributed by atoms with Crippen LogP contribution in [0.25, 0.3) is 10.3 Å². The van der Waals surface area contributed by atoms with Gasteiger partial charge >= 0.3 is 0 Å². The smallest absolute Gasteiger partial charge is 0.161 e. The van der Waals surface area contributed by atoms with E-state index in [1.54, 1.807) is 34.0 Å².